The number of hydroxylamine groups is 1. The van der Waals surface area contributed by atoms with Gasteiger partial charge in [0.05, 0.1) is 20.8 Å². The standard InChI is InChI=1S/C8H8N4O8/c1-18-8(19-2)5(11(15)16)3-4(10(13)14)6-7(8)12(17)20-9-6/h3,9H,1-2H3. The minimum Gasteiger partial charge on any atom is -0.336 e. The smallest absolute Gasteiger partial charge is 0.336 e. The molecule has 0 unspecified atom stereocenters. The third-order valence-corrected chi connectivity index (χ3v) is 2.80. The van der Waals surface area contributed by atoms with Gasteiger partial charge in [-0.3, -0.25) is 30.4 Å². The highest BCUT2D eigenvalue weighted by atomic mass is 16.9. The first-order valence-electron chi connectivity index (χ1n) is 5.02. The average Bonchev–Trinajstić information content (AvgIpc) is 2.79. The molecule has 0 spiro atoms. The van der Waals surface area contributed by atoms with E-state index >= 15 is 0 Å². The van der Waals surface area contributed by atoms with Gasteiger partial charge in [0.2, 0.25) is 5.70 Å². The summed E-state index contributed by atoms with van der Waals surface area (Å²) in [6, 6.07) is 0. The first-order valence-corrected chi connectivity index (χ1v) is 5.02. The molecule has 0 fully saturated rings. The Hall–Kier alpha value is -2.73. The lowest BCUT2D eigenvalue weighted by Crippen LogP contribution is -2.51. The van der Waals surface area contributed by atoms with E-state index in [-0.39, 0.29) is 10.6 Å². The van der Waals surface area contributed by atoms with Crippen LogP contribution < -0.4 is 5.48 Å². The highest BCUT2D eigenvalue weighted by molar-refractivity contribution is 6.05. The Balaban J connectivity index is 2.80. The molecule has 2 rings (SSSR count). The van der Waals surface area contributed by atoms with Crippen molar-refractivity contribution >= 4 is 5.71 Å². The second kappa shape index (κ2) is 4.43. The van der Waals surface area contributed by atoms with E-state index in [2.05, 4.69) is 4.94 Å². The molecule has 2 aliphatic rings. The van der Waals surface area contributed by atoms with Crippen LogP contribution >= 0.6 is 0 Å². The molecular formula is C8H8N4O8. The summed E-state index contributed by atoms with van der Waals surface area (Å²) in [5.41, 5.74) is -0.464. The van der Waals surface area contributed by atoms with E-state index in [1.165, 1.54) is 0 Å². The quantitative estimate of drug-likeness (QED) is 0.298. The van der Waals surface area contributed by atoms with Crippen molar-refractivity contribution in [2.75, 3.05) is 14.2 Å². The third kappa shape index (κ3) is 1.59. The highest BCUT2D eigenvalue weighted by Gasteiger charge is 2.63. The van der Waals surface area contributed by atoms with E-state index in [1.807, 2.05) is 5.48 Å². The van der Waals surface area contributed by atoms with E-state index in [1.54, 1.807) is 0 Å². The van der Waals surface area contributed by atoms with E-state index < -0.39 is 32.7 Å². The van der Waals surface area contributed by atoms with Crippen LogP contribution in [0.2, 0.25) is 0 Å². The van der Waals surface area contributed by atoms with Crippen molar-refractivity contribution in [3.8, 4) is 0 Å². The molecule has 1 aliphatic heterocycles. The number of nitro groups is 2. The molecule has 12 nitrogen and oxygen atoms in total. The molecule has 0 atom stereocenters. The Morgan fingerprint density at radius 3 is 2.35 bits per heavy atom. The van der Waals surface area contributed by atoms with Crippen LogP contribution in [0.3, 0.4) is 0 Å². The Morgan fingerprint density at radius 2 is 1.90 bits per heavy atom. The van der Waals surface area contributed by atoms with Crippen LogP contribution in [0.15, 0.2) is 23.2 Å². The van der Waals surface area contributed by atoms with Crippen LogP contribution in [0.1, 0.15) is 0 Å². The second-order valence-corrected chi connectivity index (χ2v) is 3.63. The van der Waals surface area contributed by atoms with Crippen molar-refractivity contribution in [2.45, 2.75) is 5.79 Å². The maximum Gasteiger partial charge on any atom is 0.358 e. The molecule has 0 saturated heterocycles. The summed E-state index contributed by atoms with van der Waals surface area (Å²) in [5, 5.41) is 33.6. The van der Waals surface area contributed by atoms with Crippen LogP contribution in [0.4, 0.5) is 0 Å². The molecule has 0 bridgehead atoms. The molecule has 12 heteroatoms. The fourth-order valence-corrected chi connectivity index (χ4v) is 1.95. The maximum atomic E-state index is 11.6. The van der Waals surface area contributed by atoms with Gasteiger partial charge >= 0.3 is 22.9 Å². The monoisotopic (exact) mass is 288 g/mol. The van der Waals surface area contributed by atoms with Gasteiger partial charge in [0.25, 0.3) is 0 Å². The van der Waals surface area contributed by atoms with E-state index in [4.69, 9.17) is 9.47 Å². The first-order chi connectivity index (χ1) is 9.39. The van der Waals surface area contributed by atoms with Crippen LogP contribution in [0.5, 0.6) is 0 Å². The summed E-state index contributed by atoms with van der Waals surface area (Å²) in [7, 11) is 2.10. The van der Waals surface area contributed by atoms with Crippen LogP contribution in [-0.2, 0) is 14.4 Å². The Morgan fingerprint density at radius 1 is 1.30 bits per heavy atom. The zero-order valence-electron chi connectivity index (χ0n) is 10.2. The van der Waals surface area contributed by atoms with Gasteiger partial charge in [-0.2, -0.15) is 0 Å². The van der Waals surface area contributed by atoms with Gasteiger partial charge in [0, 0.05) is 14.2 Å². The number of hydrogen-bond donors (Lipinski definition) is 1. The van der Waals surface area contributed by atoms with Gasteiger partial charge in [-0.1, -0.05) is 0 Å². The largest absolute Gasteiger partial charge is 0.358 e. The topological polar surface area (TPSA) is 152 Å². The molecule has 0 saturated carbocycles. The normalized spacial score (nSPS) is 20.0. The molecule has 0 aromatic carbocycles. The minimum absolute atomic E-state index is 0.178. The second-order valence-electron chi connectivity index (χ2n) is 3.63. The minimum atomic E-state index is -2.22. The van der Waals surface area contributed by atoms with E-state index in [9.17, 15) is 25.4 Å². The summed E-state index contributed by atoms with van der Waals surface area (Å²) >= 11 is 0. The fourth-order valence-electron chi connectivity index (χ4n) is 1.95. The summed E-state index contributed by atoms with van der Waals surface area (Å²) < 4.78 is 9.85. The van der Waals surface area contributed by atoms with Gasteiger partial charge in [-0.05, 0) is 0 Å². The number of allylic oxidation sites excluding steroid dienone is 1. The van der Waals surface area contributed by atoms with Crippen LogP contribution in [0, 0.1) is 25.4 Å². The molecular weight excluding hydrogens is 280 g/mol. The third-order valence-electron chi connectivity index (χ3n) is 2.80. The number of ether oxygens (including phenoxy) is 2. The molecule has 0 aromatic rings. The van der Waals surface area contributed by atoms with Crippen molar-refractivity contribution < 1.29 is 29.2 Å². The van der Waals surface area contributed by atoms with Gasteiger partial charge in [-0.25, -0.2) is 5.48 Å². The fraction of sp³-hybridized carbons (Fsp3) is 0.375. The summed E-state index contributed by atoms with van der Waals surface area (Å²) in [5.74, 6) is -2.22. The van der Waals surface area contributed by atoms with Gasteiger partial charge in [0.1, 0.15) is 0 Å². The number of nitrogens with one attached hydrogen (secondary N) is 1. The maximum absolute atomic E-state index is 11.6. The van der Waals surface area contributed by atoms with Gasteiger partial charge < -0.3 is 9.47 Å². The van der Waals surface area contributed by atoms with Crippen LogP contribution in [-0.4, -0.2) is 40.5 Å². The Bertz CT molecular complexity index is 587. The lowest BCUT2D eigenvalue weighted by Gasteiger charge is -2.25. The lowest BCUT2D eigenvalue weighted by molar-refractivity contribution is -0.750. The summed E-state index contributed by atoms with van der Waals surface area (Å²) in [6.07, 6.45) is 0.640. The van der Waals surface area contributed by atoms with Crippen molar-refractivity contribution in [2.24, 2.45) is 0 Å². The zero-order chi connectivity index (χ0) is 15.1. The number of rotatable bonds is 4. The molecule has 20 heavy (non-hydrogen) atoms. The zero-order valence-corrected chi connectivity index (χ0v) is 10.2. The molecule has 0 radical (unpaired) electrons. The predicted octanol–water partition coefficient (Wildman–Crippen LogP) is -0.961. The molecule has 1 heterocycles. The van der Waals surface area contributed by atoms with Crippen molar-refractivity contribution in [3.05, 3.63) is 48.6 Å². The van der Waals surface area contributed by atoms with Gasteiger partial charge in [-0.15, -0.1) is 0 Å². The molecule has 108 valence electrons. The summed E-state index contributed by atoms with van der Waals surface area (Å²) in [4.78, 5) is 24.4. The SMILES string of the molecule is COC1(OC)C([N+](=O)[O-])=CC([N+](=O)[O-])=C2NO[N+]([O-])=C21. The van der Waals surface area contributed by atoms with E-state index in [0.717, 1.165) is 14.2 Å². The number of hydrogen-bond acceptors (Lipinski definition) is 9. The number of methoxy groups -OCH3 is 2. The molecule has 0 amide bonds. The van der Waals surface area contributed by atoms with Crippen LogP contribution in [0.25, 0.3) is 0 Å². The predicted molar refractivity (Wildman–Crippen MR) is 58.7 cm³/mol. The molecule has 1 aliphatic carbocycles. The lowest BCUT2D eigenvalue weighted by atomic mass is 9.96. The highest BCUT2D eigenvalue weighted by Crippen LogP contribution is 2.35. The van der Waals surface area contributed by atoms with Gasteiger partial charge in [0.15, 0.2) is 0 Å². The van der Waals surface area contributed by atoms with Crippen molar-refractivity contribution in [1.82, 2.24) is 5.48 Å². The first kappa shape index (κ1) is 13.7. The van der Waals surface area contributed by atoms with Crippen molar-refractivity contribution in [1.29, 1.82) is 0 Å². The van der Waals surface area contributed by atoms with Crippen molar-refractivity contribution in [3.63, 3.8) is 0 Å². The van der Waals surface area contributed by atoms with E-state index in [0.29, 0.717) is 6.08 Å². The summed E-state index contributed by atoms with van der Waals surface area (Å²) in [6.45, 7) is 0. The Labute approximate surface area is 110 Å². The molecule has 1 N–H and O–H groups in total. The number of fused-ring (bicyclic) bond motifs is 1. The number of nitrogens with zero attached hydrogens (tertiary/aromatic N) is 3. The average molecular weight is 288 g/mol. The molecule has 0 aromatic heterocycles. The Kier molecular flexibility index (Phi) is 3.03.